The first-order valence-corrected chi connectivity index (χ1v) is 10.2. The molecule has 1 saturated heterocycles. The smallest absolute Gasteiger partial charge is 0.193 e. The number of guanidine groups is 1. The van der Waals surface area contributed by atoms with E-state index in [2.05, 4.69) is 39.5 Å². The van der Waals surface area contributed by atoms with Gasteiger partial charge in [0.1, 0.15) is 0 Å². The van der Waals surface area contributed by atoms with E-state index in [-0.39, 0.29) is 35.1 Å². The van der Waals surface area contributed by atoms with Crippen molar-refractivity contribution in [2.45, 2.75) is 36.9 Å². The first-order chi connectivity index (χ1) is 11.3. The summed E-state index contributed by atoms with van der Waals surface area (Å²) >= 11 is 0. The van der Waals surface area contributed by atoms with Gasteiger partial charge in [-0.1, -0.05) is 30.3 Å². The van der Waals surface area contributed by atoms with E-state index in [0.717, 1.165) is 12.5 Å². The van der Waals surface area contributed by atoms with Crippen LogP contribution in [0.5, 0.6) is 0 Å². The number of benzene rings is 1. The summed E-state index contributed by atoms with van der Waals surface area (Å²) in [6, 6.07) is 10.6. The van der Waals surface area contributed by atoms with Crippen LogP contribution in [0, 0.1) is 0 Å². The Bertz CT molecular complexity index is 728. The number of nitrogens with one attached hydrogen (secondary N) is 1. The maximum atomic E-state index is 12.2. The molecule has 5 nitrogen and oxygen atoms in total. The summed E-state index contributed by atoms with van der Waals surface area (Å²) in [4.78, 5) is 6.46. The Balaban J connectivity index is 0.00000225. The molecule has 0 spiro atoms. The van der Waals surface area contributed by atoms with E-state index < -0.39 is 14.6 Å². The van der Waals surface area contributed by atoms with E-state index in [1.165, 1.54) is 18.4 Å². The lowest BCUT2D eigenvalue weighted by Crippen LogP contribution is -2.57. The summed E-state index contributed by atoms with van der Waals surface area (Å²) < 4.78 is 23.6. The topological polar surface area (TPSA) is 61.8 Å². The third kappa shape index (κ3) is 4.13. The fourth-order valence-corrected chi connectivity index (χ4v) is 4.78. The number of halogens is 1. The zero-order valence-electron chi connectivity index (χ0n) is 15.2. The second-order valence-electron chi connectivity index (χ2n) is 7.55. The highest BCUT2D eigenvalue weighted by molar-refractivity contribution is 14.0. The van der Waals surface area contributed by atoms with Gasteiger partial charge in [0.25, 0.3) is 0 Å². The maximum Gasteiger partial charge on any atom is 0.193 e. The van der Waals surface area contributed by atoms with Crippen molar-refractivity contribution in [1.29, 1.82) is 0 Å². The van der Waals surface area contributed by atoms with Gasteiger partial charge in [0, 0.05) is 32.1 Å². The van der Waals surface area contributed by atoms with Crippen LogP contribution in [-0.4, -0.2) is 56.5 Å². The predicted molar refractivity (Wildman–Crippen MR) is 114 cm³/mol. The lowest BCUT2D eigenvalue weighted by Gasteiger charge is -2.39. The Morgan fingerprint density at radius 1 is 1.24 bits per heavy atom. The van der Waals surface area contributed by atoms with Crippen LogP contribution in [0.15, 0.2) is 35.3 Å². The molecule has 1 N–H and O–H groups in total. The first kappa shape index (κ1) is 20.5. The van der Waals surface area contributed by atoms with Crippen LogP contribution in [-0.2, 0) is 15.3 Å². The fraction of sp³-hybridized carbons (Fsp3) is 0.611. The summed E-state index contributed by atoms with van der Waals surface area (Å²) in [6.45, 7) is 5.42. The van der Waals surface area contributed by atoms with Crippen molar-refractivity contribution in [2.75, 3.05) is 32.4 Å². The molecule has 7 heteroatoms. The van der Waals surface area contributed by atoms with Gasteiger partial charge < -0.3 is 10.2 Å². The Labute approximate surface area is 168 Å². The van der Waals surface area contributed by atoms with Gasteiger partial charge in [-0.15, -0.1) is 24.0 Å². The molecule has 1 aliphatic carbocycles. The molecule has 1 heterocycles. The zero-order valence-corrected chi connectivity index (χ0v) is 18.3. The van der Waals surface area contributed by atoms with E-state index in [1.807, 2.05) is 6.07 Å². The average molecular weight is 477 g/mol. The first-order valence-electron chi connectivity index (χ1n) is 8.53. The lowest BCUT2D eigenvalue weighted by molar-refractivity contribution is 0.352. The highest BCUT2D eigenvalue weighted by Crippen LogP contribution is 2.47. The maximum absolute atomic E-state index is 12.2. The molecular weight excluding hydrogens is 449 g/mol. The Morgan fingerprint density at radius 2 is 1.88 bits per heavy atom. The SMILES string of the molecule is CN=C(NCC1(c2ccccc2)CC1)N1CCS(=O)(=O)C(C)(C)C1.I. The molecule has 0 radical (unpaired) electrons. The van der Waals surface area contributed by atoms with Gasteiger partial charge in [0.05, 0.1) is 10.5 Å². The number of aliphatic imine (C=N–C) groups is 1. The third-order valence-corrected chi connectivity index (χ3v) is 7.91. The van der Waals surface area contributed by atoms with Crippen molar-refractivity contribution in [2.24, 2.45) is 4.99 Å². The molecule has 1 saturated carbocycles. The van der Waals surface area contributed by atoms with Gasteiger partial charge in [0.15, 0.2) is 15.8 Å². The lowest BCUT2D eigenvalue weighted by atomic mass is 9.96. The van der Waals surface area contributed by atoms with Gasteiger partial charge in [-0.25, -0.2) is 8.42 Å². The third-order valence-electron chi connectivity index (χ3n) is 5.38. The zero-order chi connectivity index (χ0) is 17.4. The molecule has 0 aromatic heterocycles. The van der Waals surface area contributed by atoms with Crippen molar-refractivity contribution in [3.8, 4) is 0 Å². The summed E-state index contributed by atoms with van der Waals surface area (Å²) in [5.74, 6) is 0.991. The van der Waals surface area contributed by atoms with Crippen molar-refractivity contribution in [3.63, 3.8) is 0 Å². The van der Waals surface area contributed by atoms with Crippen LogP contribution in [0.3, 0.4) is 0 Å². The predicted octanol–water partition coefficient (Wildman–Crippen LogP) is 2.42. The quantitative estimate of drug-likeness (QED) is 0.413. The normalized spacial score (nSPS) is 23.5. The van der Waals surface area contributed by atoms with Crippen LogP contribution in [0.1, 0.15) is 32.3 Å². The van der Waals surface area contributed by atoms with E-state index in [0.29, 0.717) is 13.1 Å². The molecule has 140 valence electrons. The second-order valence-corrected chi connectivity index (χ2v) is 10.3. The minimum Gasteiger partial charge on any atom is -0.355 e. The van der Waals surface area contributed by atoms with E-state index >= 15 is 0 Å². The molecule has 1 aliphatic heterocycles. The van der Waals surface area contributed by atoms with Crippen LogP contribution < -0.4 is 5.32 Å². The monoisotopic (exact) mass is 477 g/mol. The van der Waals surface area contributed by atoms with Crippen LogP contribution in [0.4, 0.5) is 0 Å². The Hall–Kier alpha value is -0.830. The molecule has 0 bridgehead atoms. The highest BCUT2D eigenvalue weighted by atomic mass is 127. The van der Waals surface area contributed by atoms with Crippen LogP contribution >= 0.6 is 24.0 Å². The van der Waals surface area contributed by atoms with Crippen LogP contribution in [0.2, 0.25) is 0 Å². The molecule has 0 amide bonds. The number of hydrogen-bond donors (Lipinski definition) is 1. The molecule has 2 aliphatic rings. The van der Waals surface area contributed by atoms with Crippen molar-refractivity contribution in [1.82, 2.24) is 10.2 Å². The number of sulfone groups is 1. The van der Waals surface area contributed by atoms with E-state index in [1.54, 1.807) is 20.9 Å². The molecule has 3 rings (SSSR count). The highest BCUT2D eigenvalue weighted by Gasteiger charge is 2.45. The van der Waals surface area contributed by atoms with Gasteiger partial charge in [-0.05, 0) is 32.3 Å². The summed E-state index contributed by atoms with van der Waals surface area (Å²) in [5, 5.41) is 3.49. The van der Waals surface area contributed by atoms with Gasteiger partial charge in [-0.3, -0.25) is 4.99 Å². The van der Waals surface area contributed by atoms with Crippen molar-refractivity contribution < 1.29 is 8.42 Å². The molecule has 1 aromatic rings. The van der Waals surface area contributed by atoms with Gasteiger partial charge in [0.2, 0.25) is 0 Å². The van der Waals surface area contributed by atoms with Crippen LogP contribution in [0.25, 0.3) is 0 Å². The Morgan fingerprint density at radius 3 is 2.40 bits per heavy atom. The van der Waals surface area contributed by atoms with E-state index in [4.69, 9.17) is 0 Å². The van der Waals surface area contributed by atoms with E-state index in [9.17, 15) is 8.42 Å². The summed E-state index contributed by atoms with van der Waals surface area (Å²) in [6.07, 6.45) is 2.36. The second kappa shape index (κ2) is 7.42. The molecule has 25 heavy (non-hydrogen) atoms. The molecule has 1 aromatic carbocycles. The fourth-order valence-electron chi connectivity index (χ4n) is 3.42. The molecule has 0 unspecified atom stereocenters. The average Bonchev–Trinajstić information content (AvgIpc) is 3.33. The van der Waals surface area contributed by atoms with Gasteiger partial charge in [-0.2, -0.15) is 0 Å². The van der Waals surface area contributed by atoms with Crippen molar-refractivity contribution in [3.05, 3.63) is 35.9 Å². The standard InChI is InChI=1S/C18H27N3O2S.HI/c1-17(2)14-21(11-12-24(17,22)23)16(19-3)20-13-18(9-10-18)15-7-5-4-6-8-15;/h4-8H,9-14H2,1-3H3,(H,19,20);1H. The number of rotatable bonds is 3. The van der Waals surface area contributed by atoms with Gasteiger partial charge >= 0.3 is 0 Å². The minimum atomic E-state index is -3.03. The number of hydrogen-bond acceptors (Lipinski definition) is 3. The molecule has 0 atom stereocenters. The number of nitrogens with zero attached hydrogens (tertiary/aromatic N) is 2. The summed E-state index contributed by atoms with van der Waals surface area (Å²) in [5.41, 5.74) is 1.57. The molecule has 2 fully saturated rings. The minimum absolute atomic E-state index is 0. The van der Waals surface area contributed by atoms with Crippen molar-refractivity contribution >= 4 is 39.8 Å². The molecular formula is C18H28IN3O2S. The summed E-state index contributed by atoms with van der Waals surface area (Å²) in [7, 11) is -1.27. The largest absolute Gasteiger partial charge is 0.355 e. The Kier molecular flexibility index (Phi) is 6.08.